The van der Waals surface area contributed by atoms with Crippen LogP contribution >= 0.6 is 11.8 Å². The lowest BCUT2D eigenvalue weighted by Crippen LogP contribution is -2.15. The van der Waals surface area contributed by atoms with Gasteiger partial charge in [-0.2, -0.15) is 0 Å². The molecular weight excluding hydrogens is 398 g/mol. The van der Waals surface area contributed by atoms with Crippen molar-refractivity contribution in [3.63, 3.8) is 0 Å². The summed E-state index contributed by atoms with van der Waals surface area (Å²) in [6.45, 7) is 4.42. The molecule has 0 atom stereocenters. The summed E-state index contributed by atoms with van der Waals surface area (Å²) in [7, 11) is 0. The Morgan fingerprint density at radius 1 is 1.13 bits per heavy atom. The summed E-state index contributed by atoms with van der Waals surface area (Å²) in [5, 5.41) is 12.2. The van der Waals surface area contributed by atoms with Crippen molar-refractivity contribution in [2.24, 2.45) is 0 Å². The zero-order valence-corrected chi connectivity index (χ0v) is 17.5. The first-order chi connectivity index (χ1) is 14.6. The quantitative estimate of drug-likeness (QED) is 0.449. The van der Waals surface area contributed by atoms with Gasteiger partial charge in [-0.3, -0.25) is 14.3 Å². The molecule has 4 aromatic rings. The molecule has 3 aromatic heterocycles. The molecule has 152 valence electrons. The van der Waals surface area contributed by atoms with Crippen molar-refractivity contribution in [1.29, 1.82) is 0 Å². The van der Waals surface area contributed by atoms with E-state index in [1.807, 2.05) is 66.9 Å². The monoisotopic (exact) mass is 419 g/mol. The number of carbonyl (C=O) groups excluding carboxylic acids is 1. The molecular formula is C22H21N5O2S. The average Bonchev–Trinajstić information content (AvgIpc) is 3.40. The summed E-state index contributed by atoms with van der Waals surface area (Å²) in [5.41, 5.74) is 3.66. The second kappa shape index (κ2) is 8.96. The number of aryl methyl sites for hydroxylation is 2. The van der Waals surface area contributed by atoms with Gasteiger partial charge in [0.15, 0.2) is 11.0 Å². The van der Waals surface area contributed by atoms with Crippen molar-refractivity contribution >= 4 is 23.4 Å². The molecule has 0 aliphatic rings. The molecule has 0 aliphatic heterocycles. The Kier molecular flexibility index (Phi) is 5.94. The first-order valence-electron chi connectivity index (χ1n) is 9.47. The van der Waals surface area contributed by atoms with Crippen LogP contribution in [0.3, 0.4) is 0 Å². The molecule has 1 amide bonds. The molecule has 0 fully saturated rings. The number of nitrogens with zero attached hydrogens (tertiary/aromatic N) is 4. The Morgan fingerprint density at radius 2 is 2.03 bits per heavy atom. The molecule has 1 N–H and O–H groups in total. The van der Waals surface area contributed by atoms with Crippen LogP contribution in [0, 0.1) is 13.8 Å². The van der Waals surface area contributed by atoms with E-state index in [0.29, 0.717) is 23.2 Å². The van der Waals surface area contributed by atoms with Crippen LogP contribution in [0.25, 0.3) is 11.5 Å². The van der Waals surface area contributed by atoms with E-state index in [4.69, 9.17) is 4.42 Å². The Morgan fingerprint density at radius 3 is 2.80 bits per heavy atom. The van der Waals surface area contributed by atoms with Gasteiger partial charge >= 0.3 is 0 Å². The average molecular weight is 420 g/mol. The van der Waals surface area contributed by atoms with E-state index in [2.05, 4.69) is 20.5 Å². The van der Waals surface area contributed by atoms with Crippen LogP contribution in [0.4, 0.5) is 5.69 Å². The lowest BCUT2D eigenvalue weighted by Gasteiger charge is -2.10. The van der Waals surface area contributed by atoms with E-state index < -0.39 is 0 Å². The Bertz CT molecular complexity index is 1140. The fourth-order valence-corrected chi connectivity index (χ4v) is 3.71. The molecule has 8 heteroatoms. The molecule has 0 saturated heterocycles. The number of nitrogens with one attached hydrogen (secondary N) is 1. The zero-order valence-electron chi connectivity index (χ0n) is 16.7. The number of amides is 1. The fraction of sp³-hybridized carbons (Fsp3) is 0.182. The molecule has 30 heavy (non-hydrogen) atoms. The van der Waals surface area contributed by atoms with E-state index in [-0.39, 0.29) is 11.7 Å². The molecule has 0 aliphatic carbocycles. The lowest BCUT2D eigenvalue weighted by atomic mass is 10.1. The van der Waals surface area contributed by atoms with Gasteiger partial charge in [-0.05, 0) is 55.3 Å². The summed E-state index contributed by atoms with van der Waals surface area (Å²) in [5.74, 6) is 1.52. The number of hydrogen-bond acceptors (Lipinski definition) is 6. The van der Waals surface area contributed by atoms with E-state index in [0.717, 1.165) is 22.6 Å². The zero-order chi connectivity index (χ0) is 20.9. The highest BCUT2D eigenvalue weighted by Crippen LogP contribution is 2.25. The fourth-order valence-electron chi connectivity index (χ4n) is 2.97. The van der Waals surface area contributed by atoms with Gasteiger partial charge in [-0.1, -0.05) is 30.0 Å². The summed E-state index contributed by atoms with van der Waals surface area (Å²) in [6, 6.07) is 15.4. The predicted molar refractivity (Wildman–Crippen MR) is 116 cm³/mol. The van der Waals surface area contributed by atoms with E-state index >= 15 is 0 Å². The minimum Gasteiger partial charge on any atom is -0.467 e. The number of pyridine rings is 1. The maximum Gasteiger partial charge on any atom is 0.234 e. The standard InChI is InChI=1S/C22H21N5O2S/c1-15-8-9-16(2)19(12-15)24-20(28)14-30-22-26-25-21(18-7-3-4-10-23-18)27(22)13-17-6-5-11-29-17/h3-12H,13-14H2,1-2H3,(H,24,28). The summed E-state index contributed by atoms with van der Waals surface area (Å²) in [4.78, 5) is 16.9. The number of benzene rings is 1. The predicted octanol–water partition coefficient (Wildman–Crippen LogP) is 4.33. The van der Waals surface area contributed by atoms with Crippen molar-refractivity contribution in [3.05, 3.63) is 77.9 Å². The van der Waals surface area contributed by atoms with Gasteiger partial charge in [0.1, 0.15) is 11.5 Å². The van der Waals surface area contributed by atoms with Crippen LogP contribution < -0.4 is 5.32 Å². The Balaban J connectivity index is 1.52. The van der Waals surface area contributed by atoms with Gasteiger partial charge in [0, 0.05) is 11.9 Å². The second-order valence-corrected chi connectivity index (χ2v) is 7.78. The summed E-state index contributed by atoms with van der Waals surface area (Å²) in [6.07, 6.45) is 3.34. The van der Waals surface area contributed by atoms with Crippen LogP contribution in [0.2, 0.25) is 0 Å². The van der Waals surface area contributed by atoms with E-state index in [1.54, 1.807) is 12.5 Å². The number of rotatable bonds is 7. The van der Waals surface area contributed by atoms with Crippen LogP contribution in [0.1, 0.15) is 16.9 Å². The van der Waals surface area contributed by atoms with Crippen molar-refractivity contribution in [3.8, 4) is 11.5 Å². The van der Waals surface area contributed by atoms with Crippen LogP contribution in [0.5, 0.6) is 0 Å². The van der Waals surface area contributed by atoms with Gasteiger partial charge in [-0.25, -0.2) is 0 Å². The second-order valence-electron chi connectivity index (χ2n) is 6.84. The highest BCUT2D eigenvalue weighted by atomic mass is 32.2. The van der Waals surface area contributed by atoms with Gasteiger partial charge in [0.25, 0.3) is 0 Å². The normalized spacial score (nSPS) is 10.9. The summed E-state index contributed by atoms with van der Waals surface area (Å²) >= 11 is 1.33. The SMILES string of the molecule is Cc1ccc(C)c(NC(=O)CSc2nnc(-c3ccccn3)n2Cc2ccco2)c1. The topological polar surface area (TPSA) is 85.8 Å². The molecule has 7 nitrogen and oxygen atoms in total. The number of anilines is 1. The number of furan rings is 1. The van der Waals surface area contributed by atoms with Gasteiger partial charge < -0.3 is 9.73 Å². The maximum absolute atomic E-state index is 12.5. The maximum atomic E-state index is 12.5. The summed E-state index contributed by atoms with van der Waals surface area (Å²) < 4.78 is 7.41. The first-order valence-corrected chi connectivity index (χ1v) is 10.5. The van der Waals surface area contributed by atoms with Crippen molar-refractivity contribution in [2.75, 3.05) is 11.1 Å². The van der Waals surface area contributed by atoms with Crippen LogP contribution in [-0.4, -0.2) is 31.4 Å². The van der Waals surface area contributed by atoms with Gasteiger partial charge in [0.2, 0.25) is 5.91 Å². The number of thioether (sulfide) groups is 1. The molecule has 0 radical (unpaired) electrons. The molecule has 4 rings (SSSR count). The third-order valence-corrected chi connectivity index (χ3v) is 5.47. The minimum absolute atomic E-state index is 0.0966. The molecule has 0 saturated carbocycles. The highest BCUT2D eigenvalue weighted by Gasteiger charge is 2.18. The number of carbonyl (C=O) groups is 1. The van der Waals surface area contributed by atoms with E-state index in [1.165, 1.54) is 11.8 Å². The highest BCUT2D eigenvalue weighted by molar-refractivity contribution is 7.99. The lowest BCUT2D eigenvalue weighted by molar-refractivity contribution is -0.113. The van der Waals surface area contributed by atoms with Gasteiger partial charge in [0.05, 0.1) is 18.6 Å². The number of aromatic nitrogens is 4. The Hall–Kier alpha value is -3.39. The Labute approximate surface area is 178 Å². The molecule has 0 unspecified atom stereocenters. The van der Waals surface area contributed by atoms with Crippen LogP contribution in [-0.2, 0) is 11.3 Å². The minimum atomic E-state index is -0.0966. The first kappa shape index (κ1) is 19.9. The molecule has 0 spiro atoms. The van der Waals surface area contributed by atoms with Crippen LogP contribution in [0.15, 0.2) is 70.6 Å². The van der Waals surface area contributed by atoms with Crippen molar-refractivity contribution in [2.45, 2.75) is 25.5 Å². The molecule has 0 bridgehead atoms. The smallest absolute Gasteiger partial charge is 0.234 e. The molecule has 1 aromatic carbocycles. The largest absolute Gasteiger partial charge is 0.467 e. The van der Waals surface area contributed by atoms with Crippen molar-refractivity contribution < 1.29 is 9.21 Å². The van der Waals surface area contributed by atoms with Gasteiger partial charge in [-0.15, -0.1) is 10.2 Å². The molecule has 3 heterocycles. The number of hydrogen-bond donors (Lipinski definition) is 1. The third kappa shape index (κ3) is 4.60. The van der Waals surface area contributed by atoms with E-state index in [9.17, 15) is 4.79 Å². The third-order valence-electron chi connectivity index (χ3n) is 4.50. The van der Waals surface area contributed by atoms with Crippen molar-refractivity contribution in [1.82, 2.24) is 19.7 Å².